The zero-order valence-corrected chi connectivity index (χ0v) is 13.3. The van der Waals surface area contributed by atoms with Crippen LogP contribution in [0.2, 0.25) is 0 Å². The van der Waals surface area contributed by atoms with E-state index in [-0.39, 0.29) is 5.56 Å². The highest BCUT2D eigenvalue weighted by molar-refractivity contribution is 5.86. The molecule has 0 aliphatic heterocycles. The summed E-state index contributed by atoms with van der Waals surface area (Å²) in [7, 11) is 2.16. The lowest BCUT2D eigenvalue weighted by atomic mass is 10.2. The molecule has 0 saturated heterocycles. The molecule has 1 unspecified atom stereocenters. The van der Waals surface area contributed by atoms with Gasteiger partial charge in [-0.3, -0.25) is 4.98 Å². The fourth-order valence-corrected chi connectivity index (χ4v) is 2.31. The lowest BCUT2D eigenvalue weighted by Gasteiger charge is -2.14. The van der Waals surface area contributed by atoms with Crippen molar-refractivity contribution in [3.05, 3.63) is 59.9 Å². The van der Waals surface area contributed by atoms with Gasteiger partial charge in [-0.1, -0.05) is 12.1 Å². The van der Waals surface area contributed by atoms with Gasteiger partial charge in [0.1, 0.15) is 5.75 Å². The number of quaternary nitrogens is 1. The van der Waals surface area contributed by atoms with Crippen molar-refractivity contribution in [1.29, 1.82) is 0 Å². The highest BCUT2D eigenvalue weighted by Gasteiger charge is 2.03. The second-order valence-electron chi connectivity index (χ2n) is 5.58. The normalized spacial score (nSPS) is 11.9. The third-order valence-corrected chi connectivity index (χ3v) is 3.68. The maximum Gasteiger partial charge on any atom is 0.119 e. The number of aromatic carboxylic acids is 1. The number of aromatic nitrogens is 1. The average molecular weight is 314 g/mol. The van der Waals surface area contributed by atoms with E-state index in [4.69, 9.17) is 4.74 Å². The molecule has 0 bridgehead atoms. The topological polar surface area (TPSA) is 66.7 Å². The third kappa shape index (κ3) is 6.08. The Hall–Kier alpha value is -2.40. The van der Waals surface area contributed by atoms with E-state index in [9.17, 15) is 9.90 Å². The Morgan fingerprint density at radius 1 is 1.22 bits per heavy atom. The zero-order chi connectivity index (χ0) is 16.5. The summed E-state index contributed by atoms with van der Waals surface area (Å²) < 4.78 is 5.60. The van der Waals surface area contributed by atoms with Crippen LogP contribution in [0, 0.1) is 0 Å². The van der Waals surface area contributed by atoms with Gasteiger partial charge in [0.2, 0.25) is 0 Å². The van der Waals surface area contributed by atoms with Crippen molar-refractivity contribution in [3.8, 4) is 5.75 Å². The molecular weight excluding hydrogens is 292 g/mol. The van der Waals surface area contributed by atoms with Crippen molar-refractivity contribution in [2.75, 3.05) is 26.7 Å². The van der Waals surface area contributed by atoms with Crippen LogP contribution < -0.4 is 14.7 Å². The van der Waals surface area contributed by atoms with Crippen molar-refractivity contribution >= 4 is 5.97 Å². The van der Waals surface area contributed by atoms with Gasteiger partial charge in [0.15, 0.2) is 0 Å². The van der Waals surface area contributed by atoms with Crippen LogP contribution in [-0.4, -0.2) is 37.7 Å². The molecule has 1 atom stereocenters. The summed E-state index contributed by atoms with van der Waals surface area (Å²) in [5.74, 6) is -0.614. The summed E-state index contributed by atoms with van der Waals surface area (Å²) in [6.07, 6.45) is 5.58. The molecule has 5 heteroatoms. The Morgan fingerprint density at radius 3 is 2.74 bits per heavy atom. The molecule has 2 aromatic rings. The number of nitrogens with one attached hydrogen (secondary N) is 1. The lowest BCUT2D eigenvalue weighted by molar-refractivity contribution is -0.879. The number of pyridine rings is 1. The van der Waals surface area contributed by atoms with Gasteiger partial charge in [-0.25, -0.2) is 0 Å². The summed E-state index contributed by atoms with van der Waals surface area (Å²) in [6.45, 7) is 2.64. The standard InChI is InChI=1S/C18H22N2O3/c1-20(12-8-15-6-9-19-10-7-15)11-3-13-23-17-5-2-4-16(14-17)18(21)22/h2,4-7,9-10,14H,3,8,11-13H2,1H3,(H,21,22). The Bertz CT molecular complexity index is 617. The zero-order valence-electron chi connectivity index (χ0n) is 13.3. The van der Waals surface area contributed by atoms with Crippen LogP contribution >= 0.6 is 0 Å². The van der Waals surface area contributed by atoms with Crippen LogP contribution in [-0.2, 0) is 6.42 Å². The first kappa shape index (κ1) is 17.0. The second kappa shape index (κ2) is 8.90. The van der Waals surface area contributed by atoms with Gasteiger partial charge in [-0.2, -0.15) is 0 Å². The number of likely N-dealkylation sites (N-methyl/N-ethyl adjacent to an activating group) is 1. The Balaban J connectivity index is 1.65. The fourth-order valence-electron chi connectivity index (χ4n) is 2.31. The van der Waals surface area contributed by atoms with Crippen molar-refractivity contribution < 1.29 is 19.5 Å². The molecule has 0 aliphatic carbocycles. The minimum atomic E-state index is -1.18. The highest BCUT2D eigenvalue weighted by Crippen LogP contribution is 2.12. The smallest absolute Gasteiger partial charge is 0.119 e. The van der Waals surface area contributed by atoms with Gasteiger partial charge in [0.25, 0.3) is 0 Å². The largest absolute Gasteiger partial charge is 0.545 e. The van der Waals surface area contributed by atoms with E-state index in [2.05, 4.69) is 12.0 Å². The first-order valence-corrected chi connectivity index (χ1v) is 7.79. The first-order chi connectivity index (χ1) is 11.1. The number of carboxylic acid groups (broad SMARTS) is 1. The number of hydrogen-bond donors (Lipinski definition) is 1. The molecule has 0 amide bonds. The fraction of sp³-hybridized carbons (Fsp3) is 0.333. The van der Waals surface area contributed by atoms with Crippen LogP contribution in [0.25, 0.3) is 0 Å². The van der Waals surface area contributed by atoms with E-state index in [1.165, 1.54) is 22.6 Å². The molecular formula is C18H22N2O3. The number of nitrogens with zero attached hydrogens (tertiary/aromatic N) is 1. The van der Waals surface area contributed by atoms with E-state index in [1.54, 1.807) is 12.1 Å². The second-order valence-corrected chi connectivity index (χ2v) is 5.58. The van der Waals surface area contributed by atoms with Crippen molar-refractivity contribution in [2.45, 2.75) is 12.8 Å². The van der Waals surface area contributed by atoms with Crippen LogP contribution in [0.15, 0.2) is 48.8 Å². The predicted molar refractivity (Wildman–Crippen MR) is 85.4 cm³/mol. The maximum atomic E-state index is 10.8. The minimum Gasteiger partial charge on any atom is -0.545 e. The molecule has 1 N–H and O–H groups in total. The summed E-state index contributed by atoms with van der Waals surface area (Å²) in [5, 5.41) is 10.8. The molecule has 0 saturated carbocycles. The summed E-state index contributed by atoms with van der Waals surface area (Å²) >= 11 is 0. The molecule has 1 aromatic heterocycles. The number of rotatable bonds is 9. The first-order valence-electron chi connectivity index (χ1n) is 7.79. The summed E-state index contributed by atoms with van der Waals surface area (Å²) in [6, 6.07) is 10.5. The highest BCUT2D eigenvalue weighted by atomic mass is 16.5. The third-order valence-electron chi connectivity index (χ3n) is 3.68. The van der Waals surface area contributed by atoms with E-state index in [1.807, 2.05) is 24.5 Å². The molecule has 2 rings (SSSR count). The molecule has 1 heterocycles. The Morgan fingerprint density at radius 2 is 2.00 bits per heavy atom. The SMILES string of the molecule is C[NH+](CCCOc1cccc(C(=O)[O-])c1)CCc1ccncc1. The number of carboxylic acids is 1. The molecule has 0 fully saturated rings. The van der Waals surface area contributed by atoms with E-state index < -0.39 is 5.97 Å². The number of hydrogen-bond acceptors (Lipinski definition) is 4. The molecule has 0 aliphatic rings. The molecule has 23 heavy (non-hydrogen) atoms. The van der Waals surface area contributed by atoms with E-state index in [0.717, 1.165) is 25.9 Å². The molecule has 0 radical (unpaired) electrons. The molecule has 1 aromatic carbocycles. The predicted octanol–water partition coefficient (Wildman–Crippen LogP) is -0.0286. The van der Waals surface area contributed by atoms with Crippen LogP contribution in [0.1, 0.15) is 22.3 Å². The van der Waals surface area contributed by atoms with Crippen LogP contribution in [0.5, 0.6) is 5.75 Å². The Kier molecular flexibility index (Phi) is 6.56. The van der Waals surface area contributed by atoms with E-state index >= 15 is 0 Å². The summed E-state index contributed by atoms with van der Waals surface area (Å²) in [4.78, 5) is 16.2. The summed E-state index contributed by atoms with van der Waals surface area (Å²) in [5.41, 5.74) is 1.44. The Labute approximate surface area is 136 Å². The van der Waals surface area contributed by atoms with E-state index in [0.29, 0.717) is 12.4 Å². The van der Waals surface area contributed by atoms with Crippen molar-refractivity contribution in [3.63, 3.8) is 0 Å². The number of carbonyl (C=O) groups excluding carboxylic acids is 1. The monoisotopic (exact) mass is 314 g/mol. The van der Waals surface area contributed by atoms with Crippen molar-refractivity contribution in [2.24, 2.45) is 0 Å². The van der Waals surface area contributed by atoms with Crippen LogP contribution in [0.4, 0.5) is 0 Å². The number of benzene rings is 1. The average Bonchev–Trinajstić information content (AvgIpc) is 2.58. The molecule has 0 spiro atoms. The maximum absolute atomic E-state index is 10.8. The van der Waals surface area contributed by atoms with Crippen LogP contribution in [0.3, 0.4) is 0 Å². The van der Waals surface area contributed by atoms with Gasteiger partial charge >= 0.3 is 0 Å². The van der Waals surface area contributed by atoms with Gasteiger partial charge in [-0.15, -0.1) is 0 Å². The van der Waals surface area contributed by atoms with Crippen molar-refractivity contribution in [1.82, 2.24) is 4.98 Å². The lowest BCUT2D eigenvalue weighted by Crippen LogP contribution is -3.09. The minimum absolute atomic E-state index is 0.141. The van der Waals surface area contributed by atoms with Gasteiger partial charge in [-0.05, 0) is 29.8 Å². The molecule has 5 nitrogen and oxygen atoms in total. The van der Waals surface area contributed by atoms with Gasteiger partial charge in [0, 0.05) is 30.8 Å². The number of carbonyl (C=O) groups is 1. The quantitative estimate of drug-likeness (QED) is 0.660. The number of ether oxygens (including phenoxy) is 1. The molecule has 122 valence electrons. The van der Waals surface area contributed by atoms with Gasteiger partial charge in [0.05, 0.1) is 32.7 Å². The van der Waals surface area contributed by atoms with Gasteiger partial charge < -0.3 is 19.5 Å².